The third-order valence-corrected chi connectivity index (χ3v) is 6.14. The molecule has 0 atom stereocenters. The van der Waals surface area contributed by atoms with E-state index in [-0.39, 0.29) is 17.0 Å². The summed E-state index contributed by atoms with van der Waals surface area (Å²) in [5, 5.41) is 0.509. The lowest BCUT2D eigenvalue weighted by atomic mass is 9.94. The number of nitrogens with one attached hydrogen (secondary N) is 1. The molecule has 140 valence electrons. The van der Waals surface area contributed by atoms with Crippen LogP contribution in [0.1, 0.15) is 37.1 Å². The highest BCUT2D eigenvalue weighted by atomic mass is 35.5. The van der Waals surface area contributed by atoms with E-state index in [1.54, 1.807) is 12.1 Å². The van der Waals surface area contributed by atoms with Crippen molar-refractivity contribution in [3.05, 3.63) is 46.7 Å². The highest BCUT2D eigenvalue weighted by molar-refractivity contribution is 7.89. The lowest BCUT2D eigenvalue weighted by Crippen LogP contribution is -2.39. The van der Waals surface area contributed by atoms with Gasteiger partial charge in [0.2, 0.25) is 10.0 Å². The average Bonchev–Trinajstić information content (AvgIpc) is 2.56. The number of rotatable bonds is 5. The Balaban J connectivity index is 1.55. The van der Waals surface area contributed by atoms with Gasteiger partial charge in [0, 0.05) is 22.5 Å². The molecule has 26 heavy (non-hydrogen) atoms. The van der Waals surface area contributed by atoms with E-state index >= 15 is 0 Å². The molecule has 1 saturated carbocycles. The van der Waals surface area contributed by atoms with Crippen LogP contribution in [0.5, 0.6) is 6.01 Å². The molecule has 8 heteroatoms. The van der Waals surface area contributed by atoms with Crippen molar-refractivity contribution in [2.24, 2.45) is 0 Å². The first-order chi connectivity index (χ1) is 12.3. The molecule has 0 aliphatic heterocycles. The standard InChI is InChI=1S/C18H22ClN3O3S/c1-12-11-13(2)21-18(20-12)25-16-7-5-15(6-8-16)22-26(23,24)17-9-3-14(19)4-10-17/h3-4,9-11,15-16,22H,5-8H2,1-2H3. The number of halogens is 1. The maximum absolute atomic E-state index is 12.5. The van der Waals surface area contributed by atoms with Crippen LogP contribution in [0.3, 0.4) is 0 Å². The van der Waals surface area contributed by atoms with Crippen LogP contribution in [-0.4, -0.2) is 30.5 Å². The van der Waals surface area contributed by atoms with Crippen molar-refractivity contribution in [2.45, 2.75) is 56.6 Å². The second-order valence-electron chi connectivity index (χ2n) is 6.60. The van der Waals surface area contributed by atoms with E-state index in [1.165, 1.54) is 12.1 Å². The van der Waals surface area contributed by atoms with Gasteiger partial charge in [-0.3, -0.25) is 0 Å². The zero-order valence-corrected chi connectivity index (χ0v) is 16.3. The van der Waals surface area contributed by atoms with Gasteiger partial charge in [-0.25, -0.2) is 23.1 Å². The number of hydrogen-bond acceptors (Lipinski definition) is 5. The molecule has 0 unspecified atom stereocenters. The number of sulfonamides is 1. The van der Waals surface area contributed by atoms with E-state index in [9.17, 15) is 8.42 Å². The average molecular weight is 396 g/mol. The quantitative estimate of drug-likeness (QED) is 0.838. The summed E-state index contributed by atoms with van der Waals surface area (Å²) in [6.45, 7) is 3.81. The molecule has 0 spiro atoms. The fraction of sp³-hybridized carbons (Fsp3) is 0.444. The number of nitrogens with zero attached hydrogens (tertiary/aromatic N) is 2. The van der Waals surface area contributed by atoms with E-state index in [2.05, 4.69) is 14.7 Å². The van der Waals surface area contributed by atoms with Gasteiger partial charge in [-0.1, -0.05) is 11.6 Å². The molecule has 0 radical (unpaired) electrons. The van der Waals surface area contributed by atoms with E-state index in [4.69, 9.17) is 16.3 Å². The van der Waals surface area contributed by atoms with Crippen LogP contribution in [-0.2, 0) is 10.0 Å². The molecule has 6 nitrogen and oxygen atoms in total. The Kier molecular flexibility index (Phi) is 5.79. The molecule has 1 fully saturated rings. The van der Waals surface area contributed by atoms with Gasteiger partial charge in [0.25, 0.3) is 0 Å². The maximum Gasteiger partial charge on any atom is 0.317 e. The third kappa shape index (κ3) is 4.93. The van der Waals surface area contributed by atoms with Crippen molar-refractivity contribution in [3.63, 3.8) is 0 Å². The molecule has 1 aromatic heterocycles. The molecule has 0 amide bonds. The Labute approximate surface area is 159 Å². The molecule has 1 N–H and O–H groups in total. The largest absolute Gasteiger partial charge is 0.460 e. The molecule has 3 rings (SSSR count). The van der Waals surface area contributed by atoms with Gasteiger partial charge in [-0.05, 0) is 69.9 Å². The second-order valence-corrected chi connectivity index (χ2v) is 8.75. The Morgan fingerprint density at radius 3 is 2.19 bits per heavy atom. The Morgan fingerprint density at radius 1 is 1.04 bits per heavy atom. The van der Waals surface area contributed by atoms with Gasteiger partial charge in [0.15, 0.2) is 0 Å². The molecule has 1 aliphatic carbocycles. The minimum atomic E-state index is -3.54. The number of hydrogen-bond donors (Lipinski definition) is 1. The minimum Gasteiger partial charge on any atom is -0.460 e. The first kappa shape index (κ1) is 19.1. The maximum atomic E-state index is 12.5. The molecule has 0 saturated heterocycles. The predicted molar refractivity (Wildman–Crippen MR) is 100.0 cm³/mol. The molecular formula is C18H22ClN3O3S. The van der Waals surface area contributed by atoms with Crippen molar-refractivity contribution in [2.75, 3.05) is 0 Å². The highest BCUT2D eigenvalue weighted by Crippen LogP contribution is 2.24. The van der Waals surface area contributed by atoms with E-state index < -0.39 is 10.0 Å². The Bertz CT molecular complexity index is 844. The molecule has 1 heterocycles. The van der Waals surface area contributed by atoms with Crippen LogP contribution in [0.25, 0.3) is 0 Å². The summed E-state index contributed by atoms with van der Waals surface area (Å²) in [4.78, 5) is 8.82. The first-order valence-electron chi connectivity index (χ1n) is 8.59. The van der Waals surface area contributed by atoms with Crippen LogP contribution >= 0.6 is 11.6 Å². The first-order valence-corrected chi connectivity index (χ1v) is 10.4. The van der Waals surface area contributed by atoms with Gasteiger partial charge in [-0.2, -0.15) is 0 Å². The van der Waals surface area contributed by atoms with Crippen LogP contribution in [0.15, 0.2) is 35.2 Å². The number of aromatic nitrogens is 2. The van der Waals surface area contributed by atoms with Gasteiger partial charge in [-0.15, -0.1) is 0 Å². The number of benzene rings is 1. The van der Waals surface area contributed by atoms with E-state index in [1.807, 2.05) is 19.9 Å². The Hall–Kier alpha value is -1.70. The zero-order valence-electron chi connectivity index (χ0n) is 14.8. The summed E-state index contributed by atoms with van der Waals surface area (Å²) in [5.74, 6) is 0. The summed E-state index contributed by atoms with van der Waals surface area (Å²) in [7, 11) is -3.54. The van der Waals surface area contributed by atoms with Gasteiger partial charge in [0.1, 0.15) is 6.10 Å². The van der Waals surface area contributed by atoms with Crippen molar-refractivity contribution in [1.29, 1.82) is 0 Å². The molecule has 1 aliphatic rings. The monoisotopic (exact) mass is 395 g/mol. The Morgan fingerprint density at radius 2 is 1.62 bits per heavy atom. The van der Waals surface area contributed by atoms with Crippen LogP contribution in [0, 0.1) is 13.8 Å². The SMILES string of the molecule is Cc1cc(C)nc(OC2CCC(NS(=O)(=O)c3ccc(Cl)cc3)CC2)n1. The summed E-state index contributed by atoms with van der Waals surface area (Å²) in [6.07, 6.45) is 2.94. The fourth-order valence-electron chi connectivity index (χ4n) is 3.10. The predicted octanol–water partition coefficient (Wildman–Crippen LogP) is 3.42. The highest BCUT2D eigenvalue weighted by Gasteiger charge is 2.27. The van der Waals surface area contributed by atoms with Gasteiger partial charge >= 0.3 is 6.01 Å². The van der Waals surface area contributed by atoms with Crippen LogP contribution < -0.4 is 9.46 Å². The van der Waals surface area contributed by atoms with Crippen LogP contribution in [0.2, 0.25) is 5.02 Å². The number of ether oxygens (including phenoxy) is 1. The molecule has 0 bridgehead atoms. The lowest BCUT2D eigenvalue weighted by Gasteiger charge is -2.28. The van der Waals surface area contributed by atoms with E-state index in [0.29, 0.717) is 23.9 Å². The lowest BCUT2D eigenvalue weighted by molar-refractivity contribution is 0.131. The van der Waals surface area contributed by atoms with Crippen LogP contribution in [0.4, 0.5) is 0 Å². The van der Waals surface area contributed by atoms with Crippen molar-refractivity contribution < 1.29 is 13.2 Å². The van der Waals surface area contributed by atoms with Crippen molar-refractivity contribution in [3.8, 4) is 6.01 Å². The minimum absolute atomic E-state index is 0.00693. The third-order valence-electron chi connectivity index (χ3n) is 4.35. The topological polar surface area (TPSA) is 81.2 Å². The van der Waals surface area contributed by atoms with Crippen molar-refractivity contribution >= 4 is 21.6 Å². The second kappa shape index (κ2) is 7.90. The summed E-state index contributed by atoms with van der Waals surface area (Å²) in [6, 6.07) is 8.36. The summed E-state index contributed by atoms with van der Waals surface area (Å²) >= 11 is 5.82. The zero-order chi connectivity index (χ0) is 18.7. The van der Waals surface area contributed by atoms with Gasteiger partial charge in [0.05, 0.1) is 4.90 Å². The smallest absolute Gasteiger partial charge is 0.317 e. The molecular weight excluding hydrogens is 374 g/mol. The summed E-state index contributed by atoms with van der Waals surface area (Å²) < 4.78 is 33.6. The molecule has 2 aromatic rings. The fourth-order valence-corrected chi connectivity index (χ4v) is 4.53. The molecule has 1 aromatic carbocycles. The van der Waals surface area contributed by atoms with Crippen molar-refractivity contribution in [1.82, 2.24) is 14.7 Å². The number of aryl methyl sites for hydroxylation is 2. The normalized spacial score (nSPS) is 20.7. The van der Waals surface area contributed by atoms with E-state index in [0.717, 1.165) is 24.2 Å². The van der Waals surface area contributed by atoms with Gasteiger partial charge < -0.3 is 4.74 Å². The summed E-state index contributed by atoms with van der Waals surface area (Å²) in [5.41, 5.74) is 1.74.